The zero-order valence-electron chi connectivity index (χ0n) is 16.0. The van der Waals surface area contributed by atoms with Crippen molar-refractivity contribution in [1.29, 1.82) is 0 Å². The van der Waals surface area contributed by atoms with Gasteiger partial charge in [-0.3, -0.25) is 4.79 Å². The summed E-state index contributed by atoms with van der Waals surface area (Å²) in [4.78, 5) is 18.8. The van der Waals surface area contributed by atoms with Crippen LogP contribution in [0.2, 0.25) is 0 Å². The second-order valence-electron chi connectivity index (χ2n) is 6.86. The predicted octanol–water partition coefficient (Wildman–Crippen LogP) is 3.45. The molecule has 1 amide bonds. The summed E-state index contributed by atoms with van der Waals surface area (Å²) in [5.41, 5.74) is 0.643. The van der Waals surface area contributed by atoms with E-state index in [0.29, 0.717) is 24.6 Å². The van der Waals surface area contributed by atoms with Gasteiger partial charge in [-0.2, -0.15) is 0 Å². The lowest BCUT2D eigenvalue weighted by molar-refractivity contribution is 0.0697. The average Bonchev–Trinajstić information content (AvgIpc) is 2.72. The molecule has 0 radical (unpaired) electrons. The molecule has 0 spiro atoms. The Morgan fingerprint density at radius 1 is 1.15 bits per heavy atom. The van der Waals surface area contributed by atoms with Gasteiger partial charge in [-0.15, -0.1) is 0 Å². The van der Waals surface area contributed by atoms with Gasteiger partial charge in [0.2, 0.25) is 0 Å². The van der Waals surface area contributed by atoms with Crippen LogP contribution in [0.3, 0.4) is 0 Å². The van der Waals surface area contributed by atoms with Gasteiger partial charge >= 0.3 is 0 Å². The summed E-state index contributed by atoms with van der Waals surface area (Å²) in [6.07, 6.45) is 3.80. The highest BCUT2D eigenvalue weighted by molar-refractivity contribution is 5.94. The van der Waals surface area contributed by atoms with Gasteiger partial charge in [0.05, 0.1) is 19.2 Å². The van der Waals surface area contributed by atoms with E-state index in [1.807, 2.05) is 41.3 Å². The van der Waals surface area contributed by atoms with Crippen molar-refractivity contribution in [2.24, 2.45) is 5.92 Å². The molecule has 3 rings (SSSR count). The van der Waals surface area contributed by atoms with Crippen molar-refractivity contribution in [3.63, 3.8) is 0 Å². The number of ether oxygens (including phenoxy) is 2. The highest BCUT2D eigenvalue weighted by Gasteiger charge is 2.21. The Morgan fingerprint density at radius 3 is 2.48 bits per heavy atom. The zero-order chi connectivity index (χ0) is 19.1. The number of anilines is 1. The number of methoxy groups -OCH3 is 1. The lowest BCUT2D eigenvalue weighted by atomic mass is 9.99. The molecule has 0 unspecified atom stereocenters. The lowest BCUT2D eigenvalue weighted by Crippen LogP contribution is -2.37. The van der Waals surface area contributed by atoms with Gasteiger partial charge in [-0.25, -0.2) is 4.98 Å². The number of benzene rings is 1. The molecule has 1 aromatic heterocycles. The summed E-state index contributed by atoms with van der Waals surface area (Å²) in [6.45, 7) is 5.05. The number of pyridine rings is 1. The van der Waals surface area contributed by atoms with Gasteiger partial charge in [0.25, 0.3) is 5.91 Å². The van der Waals surface area contributed by atoms with E-state index in [2.05, 4.69) is 17.2 Å². The highest BCUT2D eigenvalue weighted by atomic mass is 16.5. The van der Waals surface area contributed by atoms with Gasteiger partial charge < -0.3 is 19.7 Å². The van der Waals surface area contributed by atoms with Crippen LogP contribution in [0.5, 0.6) is 11.5 Å². The molecule has 1 saturated heterocycles. The fourth-order valence-electron chi connectivity index (χ4n) is 3.04. The Balaban J connectivity index is 1.42. The number of hydrogen-bond acceptors (Lipinski definition) is 5. The number of carbonyl (C=O) groups is 1. The van der Waals surface area contributed by atoms with E-state index >= 15 is 0 Å². The third-order valence-corrected chi connectivity index (χ3v) is 4.82. The van der Waals surface area contributed by atoms with Crippen molar-refractivity contribution >= 4 is 11.7 Å². The van der Waals surface area contributed by atoms with E-state index in [1.165, 1.54) is 0 Å². The number of rotatable bonds is 7. The van der Waals surface area contributed by atoms with Crippen molar-refractivity contribution in [2.45, 2.75) is 19.8 Å². The van der Waals surface area contributed by atoms with Crippen molar-refractivity contribution in [2.75, 3.05) is 38.7 Å². The van der Waals surface area contributed by atoms with Gasteiger partial charge in [0.15, 0.2) is 0 Å². The maximum absolute atomic E-state index is 12.5. The standard InChI is InChI=1S/C21H27N3O3/c1-16-9-12-24(13-10-16)21(25)17-3-8-20(23-15-17)22-11-14-27-19-6-4-18(26-2)5-7-19/h3-8,15-16H,9-14H2,1-2H3,(H,22,23). The van der Waals surface area contributed by atoms with Crippen LogP contribution in [0, 0.1) is 5.92 Å². The third kappa shape index (κ3) is 5.36. The monoisotopic (exact) mass is 369 g/mol. The van der Waals surface area contributed by atoms with E-state index in [4.69, 9.17) is 9.47 Å². The van der Waals surface area contributed by atoms with Crippen LogP contribution in [-0.4, -0.2) is 49.1 Å². The highest BCUT2D eigenvalue weighted by Crippen LogP contribution is 2.19. The van der Waals surface area contributed by atoms with Crippen LogP contribution in [0.4, 0.5) is 5.82 Å². The quantitative estimate of drug-likeness (QED) is 0.758. The van der Waals surface area contributed by atoms with Crippen LogP contribution in [-0.2, 0) is 0 Å². The Hall–Kier alpha value is -2.76. The lowest BCUT2D eigenvalue weighted by Gasteiger charge is -2.30. The van der Waals surface area contributed by atoms with Crippen molar-refractivity contribution in [1.82, 2.24) is 9.88 Å². The third-order valence-electron chi connectivity index (χ3n) is 4.82. The first-order valence-corrected chi connectivity index (χ1v) is 9.42. The number of piperidine rings is 1. The molecule has 1 fully saturated rings. The van der Waals surface area contributed by atoms with Gasteiger partial charge in [-0.1, -0.05) is 6.92 Å². The minimum atomic E-state index is 0.0730. The molecule has 1 aromatic carbocycles. The minimum absolute atomic E-state index is 0.0730. The number of nitrogens with zero attached hydrogens (tertiary/aromatic N) is 2. The molecule has 0 saturated carbocycles. The number of likely N-dealkylation sites (tertiary alicyclic amines) is 1. The van der Waals surface area contributed by atoms with Crippen molar-refractivity contribution in [3.8, 4) is 11.5 Å². The van der Waals surface area contributed by atoms with Crippen LogP contribution in [0.15, 0.2) is 42.6 Å². The first-order valence-electron chi connectivity index (χ1n) is 9.42. The molecule has 1 aliphatic rings. The average molecular weight is 369 g/mol. The minimum Gasteiger partial charge on any atom is -0.497 e. The van der Waals surface area contributed by atoms with Crippen LogP contribution < -0.4 is 14.8 Å². The normalized spacial score (nSPS) is 14.7. The summed E-state index contributed by atoms with van der Waals surface area (Å²) in [5.74, 6) is 3.11. The van der Waals surface area contributed by atoms with Gasteiger partial charge in [0, 0.05) is 19.3 Å². The maximum Gasteiger partial charge on any atom is 0.255 e. The molecule has 0 atom stereocenters. The van der Waals surface area contributed by atoms with E-state index in [9.17, 15) is 4.79 Å². The van der Waals surface area contributed by atoms with Crippen LogP contribution in [0.25, 0.3) is 0 Å². The molecule has 0 aliphatic carbocycles. The maximum atomic E-state index is 12.5. The summed E-state index contributed by atoms with van der Waals surface area (Å²) in [6, 6.07) is 11.1. The molecule has 1 aliphatic heterocycles. The molecule has 27 heavy (non-hydrogen) atoms. The molecule has 2 heterocycles. The smallest absolute Gasteiger partial charge is 0.255 e. The van der Waals surface area contributed by atoms with Crippen molar-refractivity contribution in [3.05, 3.63) is 48.2 Å². The summed E-state index contributed by atoms with van der Waals surface area (Å²) in [7, 11) is 1.64. The zero-order valence-corrected chi connectivity index (χ0v) is 16.0. The fraction of sp³-hybridized carbons (Fsp3) is 0.429. The second kappa shape index (κ2) is 9.26. The van der Waals surface area contributed by atoms with E-state index in [1.54, 1.807) is 13.3 Å². The SMILES string of the molecule is COc1ccc(OCCNc2ccc(C(=O)N3CCC(C)CC3)cn2)cc1. The molecular weight excluding hydrogens is 342 g/mol. The first kappa shape index (κ1) is 19.0. The molecule has 1 N–H and O–H groups in total. The molecular formula is C21H27N3O3. The van der Waals surface area contributed by atoms with Crippen LogP contribution >= 0.6 is 0 Å². The van der Waals surface area contributed by atoms with Crippen LogP contribution in [0.1, 0.15) is 30.1 Å². The second-order valence-corrected chi connectivity index (χ2v) is 6.86. The summed E-state index contributed by atoms with van der Waals surface area (Å²) >= 11 is 0. The fourth-order valence-corrected chi connectivity index (χ4v) is 3.04. The predicted molar refractivity (Wildman–Crippen MR) is 106 cm³/mol. The van der Waals surface area contributed by atoms with E-state index < -0.39 is 0 Å². The topological polar surface area (TPSA) is 63.7 Å². The Bertz CT molecular complexity index is 723. The Labute approximate surface area is 160 Å². The molecule has 6 heteroatoms. The largest absolute Gasteiger partial charge is 0.497 e. The number of aromatic nitrogens is 1. The van der Waals surface area contributed by atoms with E-state index in [-0.39, 0.29) is 5.91 Å². The Kier molecular flexibility index (Phi) is 6.52. The number of amides is 1. The van der Waals surface area contributed by atoms with Gasteiger partial charge in [0.1, 0.15) is 23.9 Å². The summed E-state index contributed by atoms with van der Waals surface area (Å²) < 4.78 is 10.8. The van der Waals surface area contributed by atoms with Crippen molar-refractivity contribution < 1.29 is 14.3 Å². The summed E-state index contributed by atoms with van der Waals surface area (Å²) in [5, 5.41) is 3.20. The van der Waals surface area contributed by atoms with E-state index in [0.717, 1.165) is 43.2 Å². The molecule has 0 bridgehead atoms. The molecule has 144 valence electrons. The number of hydrogen-bond donors (Lipinski definition) is 1. The number of nitrogens with one attached hydrogen (secondary N) is 1. The Morgan fingerprint density at radius 2 is 1.85 bits per heavy atom. The van der Waals surface area contributed by atoms with Gasteiger partial charge in [-0.05, 0) is 55.2 Å². The first-order chi connectivity index (χ1) is 13.2. The molecule has 6 nitrogen and oxygen atoms in total. The number of carbonyl (C=O) groups excluding carboxylic acids is 1. The molecule has 2 aromatic rings.